The molecule has 1 aromatic carbocycles. The SMILES string of the molecule is O=[N+]([O-])c1cccc(CNc2nc3ccc(Cl)cn3n2)c1. The Labute approximate surface area is 124 Å². The van der Waals surface area contributed by atoms with Gasteiger partial charge in [-0.25, -0.2) is 4.52 Å². The van der Waals surface area contributed by atoms with E-state index in [0.29, 0.717) is 23.2 Å². The van der Waals surface area contributed by atoms with Crippen molar-refractivity contribution in [1.82, 2.24) is 14.6 Å². The number of halogens is 1. The van der Waals surface area contributed by atoms with E-state index >= 15 is 0 Å². The highest BCUT2D eigenvalue weighted by Gasteiger charge is 2.07. The minimum Gasteiger partial charge on any atom is -0.349 e. The molecule has 0 saturated heterocycles. The predicted molar refractivity (Wildman–Crippen MR) is 78.4 cm³/mol. The Kier molecular flexibility index (Phi) is 3.41. The predicted octanol–water partition coefficient (Wildman–Crippen LogP) is 2.90. The first-order valence-electron chi connectivity index (χ1n) is 6.11. The van der Waals surface area contributed by atoms with E-state index in [4.69, 9.17) is 11.6 Å². The van der Waals surface area contributed by atoms with Crippen LogP contribution in [-0.2, 0) is 6.54 Å². The Hall–Kier alpha value is -2.67. The normalized spacial score (nSPS) is 10.7. The van der Waals surface area contributed by atoms with Crippen LogP contribution in [0.4, 0.5) is 11.6 Å². The van der Waals surface area contributed by atoms with E-state index in [1.54, 1.807) is 35.0 Å². The number of nitrogens with one attached hydrogen (secondary N) is 1. The molecule has 0 unspecified atom stereocenters. The van der Waals surface area contributed by atoms with Gasteiger partial charge in [0.25, 0.3) is 5.69 Å². The lowest BCUT2D eigenvalue weighted by atomic mass is 10.2. The minimum atomic E-state index is -0.422. The van der Waals surface area contributed by atoms with Crippen LogP contribution in [0.1, 0.15) is 5.56 Å². The first kappa shape index (κ1) is 13.3. The van der Waals surface area contributed by atoms with Crippen molar-refractivity contribution < 1.29 is 4.92 Å². The van der Waals surface area contributed by atoms with Gasteiger partial charge in [-0.2, -0.15) is 4.98 Å². The Bertz CT molecular complexity index is 817. The van der Waals surface area contributed by atoms with E-state index in [9.17, 15) is 10.1 Å². The third kappa shape index (κ3) is 2.92. The van der Waals surface area contributed by atoms with Gasteiger partial charge < -0.3 is 5.32 Å². The monoisotopic (exact) mass is 303 g/mol. The molecule has 0 bridgehead atoms. The number of nitro benzene ring substituents is 1. The summed E-state index contributed by atoms with van der Waals surface area (Å²) in [6.07, 6.45) is 1.66. The number of aromatic nitrogens is 3. The number of hydrogen-bond donors (Lipinski definition) is 1. The zero-order valence-corrected chi connectivity index (χ0v) is 11.5. The average Bonchev–Trinajstić information content (AvgIpc) is 2.87. The van der Waals surface area contributed by atoms with Gasteiger partial charge in [-0.1, -0.05) is 23.7 Å². The first-order chi connectivity index (χ1) is 10.1. The third-order valence-electron chi connectivity index (χ3n) is 2.87. The molecule has 0 fully saturated rings. The Morgan fingerprint density at radius 2 is 2.19 bits per heavy atom. The molecule has 0 spiro atoms. The molecule has 0 aliphatic heterocycles. The van der Waals surface area contributed by atoms with Crippen LogP contribution in [0.25, 0.3) is 5.65 Å². The molecule has 0 radical (unpaired) electrons. The second kappa shape index (κ2) is 5.37. The molecule has 106 valence electrons. The number of non-ortho nitro benzene ring substituents is 1. The van der Waals surface area contributed by atoms with Gasteiger partial charge in [0.05, 0.1) is 9.95 Å². The van der Waals surface area contributed by atoms with Gasteiger partial charge in [0.2, 0.25) is 5.95 Å². The van der Waals surface area contributed by atoms with Crippen molar-refractivity contribution in [2.75, 3.05) is 5.32 Å². The maximum absolute atomic E-state index is 10.7. The average molecular weight is 304 g/mol. The standard InChI is InChI=1S/C13H10ClN5O2/c14-10-4-5-12-16-13(17-18(12)8-10)15-7-9-2-1-3-11(6-9)19(20)21/h1-6,8H,7H2,(H,15,17). The van der Waals surface area contributed by atoms with E-state index in [2.05, 4.69) is 15.4 Å². The number of anilines is 1. The van der Waals surface area contributed by atoms with E-state index in [0.717, 1.165) is 5.56 Å². The van der Waals surface area contributed by atoms with Crippen molar-refractivity contribution in [3.05, 3.63) is 63.3 Å². The highest BCUT2D eigenvalue weighted by Crippen LogP contribution is 2.15. The second-order valence-corrected chi connectivity index (χ2v) is 4.80. The molecule has 0 aliphatic rings. The van der Waals surface area contributed by atoms with Gasteiger partial charge in [0, 0.05) is 24.9 Å². The minimum absolute atomic E-state index is 0.0593. The number of rotatable bonds is 4. The van der Waals surface area contributed by atoms with Crippen LogP contribution in [0.3, 0.4) is 0 Å². The Balaban J connectivity index is 1.77. The Morgan fingerprint density at radius 3 is 3.00 bits per heavy atom. The van der Waals surface area contributed by atoms with Crippen LogP contribution < -0.4 is 5.32 Å². The van der Waals surface area contributed by atoms with Crippen LogP contribution in [0.15, 0.2) is 42.6 Å². The maximum Gasteiger partial charge on any atom is 0.269 e. The molecule has 2 heterocycles. The highest BCUT2D eigenvalue weighted by atomic mass is 35.5. The number of pyridine rings is 1. The summed E-state index contributed by atoms with van der Waals surface area (Å²) >= 11 is 5.88. The molecular formula is C13H10ClN5O2. The fourth-order valence-corrected chi connectivity index (χ4v) is 2.05. The Morgan fingerprint density at radius 1 is 1.33 bits per heavy atom. The number of nitro groups is 1. The fraction of sp³-hybridized carbons (Fsp3) is 0.0769. The van der Waals surface area contributed by atoms with Crippen LogP contribution in [0, 0.1) is 10.1 Å². The molecule has 0 aliphatic carbocycles. The van der Waals surface area contributed by atoms with Gasteiger partial charge in [-0.05, 0) is 17.7 Å². The summed E-state index contributed by atoms with van der Waals surface area (Å²) < 4.78 is 1.57. The molecule has 3 aromatic rings. The largest absolute Gasteiger partial charge is 0.349 e. The molecular weight excluding hydrogens is 294 g/mol. The number of hydrogen-bond acceptors (Lipinski definition) is 5. The van der Waals surface area contributed by atoms with Gasteiger partial charge in [0.15, 0.2) is 5.65 Å². The van der Waals surface area contributed by atoms with Gasteiger partial charge in [-0.3, -0.25) is 10.1 Å². The van der Waals surface area contributed by atoms with E-state index in [-0.39, 0.29) is 5.69 Å². The van der Waals surface area contributed by atoms with Gasteiger partial charge in [-0.15, -0.1) is 5.10 Å². The molecule has 21 heavy (non-hydrogen) atoms. The van der Waals surface area contributed by atoms with E-state index in [1.165, 1.54) is 12.1 Å². The van der Waals surface area contributed by atoms with Crippen molar-refractivity contribution in [3.8, 4) is 0 Å². The fourth-order valence-electron chi connectivity index (χ4n) is 1.89. The number of nitrogens with zero attached hydrogens (tertiary/aromatic N) is 4. The topological polar surface area (TPSA) is 85.4 Å². The maximum atomic E-state index is 10.7. The zero-order valence-electron chi connectivity index (χ0n) is 10.7. The molecule has 8 heteroatoms. The quantitative estimate of drug-likeness (QED) is 0.591. The summed E-state index contributed by atoms with van der Waals surface area (Å²) in [4.78, 5) is 14.6. The number of fused-ring (bicyclic) bond motifs is 1. The van der Waals surface area contributed by atoms with Crippen molar-refractivity contribution >= 4 is 28.9 Å². The van der Waals surface area contributed by atoms with Crippen molar-refractivity contribution in [2.24, 2.45) is 0 Å². The summed E-state index contributed by atoms with van der Waals surface area (Å²) in [7, 11) is 0. The van der Waals surface area contributed by atoms with E-state index < -0.39 is 4.92 Å². The summed E-state index contributed by atoms with van der Waals surface area (Å²) in [6.45, 7) is 0.395. The third-order valence-corrected chi connectivity index (χ3v) is 3.09. The van der Waals surface area contributed by atoms with E-state index in [1.807, 2.05) is 0 Å². The summed E-state index contributed by atoms with van der Waals surface area (Å²) in [5.74, 6) is 0.434. The van der Waals surface area contributed by atoms with Crippen LogP contribution in [0.5, 0.6) is 0 Å². The smallest absolute Gasteiger partial charge is 0.269 e. The summed E-state index contributed by atoms with van der Waals surface area (Å²) in [5.41, 5.74) is 1.51. The van der Waals surface area contributed by atoms with Crippen molar-refractivity contribution in [3.63, 3.8) is 0 Å². The molecule has 1 N–H and O–H groups in total. The molecule has 7 nitrogen and oxygen atoms in total. The highest BCUT2D eigenvalue weighted by molar-refractivity contribution is 6.30. The van der Waals surface area contributed by atoms with Gasteiger partial charge in [0.1, 0.15) is 0 Å². The van der Waals surface area contributed by atoms with Crippen molar-refractivity contribution in [2.45, 2.75) is 6.54 Å². The molecule has 2 aromatic heterocycles. The lowest BCUT2D eigenvalue weighted by Crippen LogP contribution is -2.01. The van der Waals surface area contributed by atoms with Crippen molar-refractivity contribution in [1.29, 1.82) is 0 Å². The van der Waals surface area contributed by atoms with Gasteiger partial charge >= 0.3 is 0 Å². The van der Waals surface area contributed by atoms with Crippen LogP contribution >= 0.6 is 11.6 Å². The summed E-state index contributed by atoms with van der Waals surface area (Å²) in [5, 5.41) is 18.5. The first-order valence-corrected chi connectivity index (χ1v) is 6.49. The molecule has 0 amide bonds. The second-order valence-electron chi connectivity index (χ2n) is 4.37. The molecule has 3 rings (SSSR count). The molecule has 0 saturated carbocycles. The lowest BCUT2D eigenvalue weighted by molar-refractivity contribution is -0.384. The number of benzene rings is 1. The lowest BCUT2D eigenvalue weighted by Gasteiger charge is -2.01. The zero-order chi connectivity index (χ0) is 14.8. The van der Waals surface area contributed by atoms with Crippen LogP contribution in [0.2, 0.25) is 5.02 Å². The molecule has 0 atom stereocenters. The van der Waals surface area contributed by atoms with Crippen LogP contribution in [-0.4, -0.2) is 19.5 Å². The summed E-state index contributed by atoms with van der Waals surface area (Å²) in [6, 6.07) is 9.90.